The Bertz CT molecular complexity index is 806. The summed E-state index contributed by atoms with van der Waals surface area (Å²) in [6.07, 6.45) is 7.53. The maximum absolute atomic E-state index is 13.1. The Morgan fingerprint density at radius 1 is 1.15 bits per heavy atom. The summed E-state index contributed by atoms with van der Waals surface area (Å²) in [6, 6.07) is 9.19. The van der Waals surface area contributed by atoms with E-state index in [0.717, 1.165) is 18.5 Å². The van der Waals surface area contributed by atoms with Gasteiger partial charge in [0.25, 0.3) is 0 Å². The summed E-state index contributed by atoms with van der Waals surface area (Å²) in [4.78, 5) is 17.6. The van der Waals surface area contributed by atoms with Crippen LogP contribution < -0.4 is 0 Å². The number of benzene rings is 1. The largest absolute Gasteiger partial charge is 0.341 e. The van der Waals surface area contributed by atoms with E-state index in [-0.39, 0.29) is 5.91 Å². The lowest BCUT2D eigenvalue weighted by molar-refractivity contribution is -0.133. The number of hydrogen-bond donors (Lipinski definition) is 0. The fraction of sp³-hybridized carbons (Fsp3) is 0.522. The van der Waals surface area contributed by atoms with E-state index >= 15 is 0 Å². The molecular weight excluding hydrogens is 352 g/mol. The smallest absolute Gasteiger partial charge is 0.227 e. The molecule has 1 amide bonds. The highest BCUT2D eigenvalue weighted by Crippen LogP contribution is 2.28. The van der Waals surface area contributed by atoms with Gasteiger partial charge in [-0.1, -0.05) is 36.6 Å². The molecule has 0 bridgehead atoms. The molecule has 2 atom stereocenters. The van der Waals surface area contributed by atoms with Crippen molar-refractivity contribution in [3.63, 3.8) is 0 Å². The normalized spacial score (nSPS) is 20.0. The first-order chi connectivity index (χ1) is 13.0. The number of fused-ring (bicyclic) bond motifs is 1. The molecule has 0 N–H and O–H groups in total. The van der Waals surface area contributed by atoms with Crippen LogP contribution in [0.4, 0.5) is 0 Å². The van der Waals surface area contributed by atoms with Gasteiger partial charge in [0.15, 0.2) is 0 Å². The summed E-state index contributed by atoms with van der Waals surface area (Å²) in [5, 5.41) is 3.34. The molecule has 1 saturated carbocycles. The third kappa shape index (κ3) is 4.80. The average molecular weight is 385 g/mol. The monoisotopic (exact) mass is 384 g/mol. The van der Waals surface area contributed by atoms with E-state index in [1.807, 2.05) is 11.9 Å². The zero-order valence-electron chi connectivity index (χ0n) is 17.1. The number of carbonyl (C=O) groups is 1. The van der Waals surface area contributed by atoms with Crippen LogP contribution in [0.1, 0.15) is 45.1 Å². The first-order valence-corrected chi connectivity index (χ1v) is 10.9. The number of carbonyl (C=O) groups excluding carboxylic acids is 1. The highest BCUT2D eigenvalue weighted by molar-refractivity contribution is 7.17. The lowest BCUT2D eigenvalue weighted by Gasteiger charge is -2.42. The predicted octanol–water partition coefficient (Wildman–Crippen LogP) is 5.11. The molecule has 146 valence electrons. The van der Waals surface area contributed by atoms with Crippen molar-refractivity contribution in [3.05, 3.63) is 46.9 Å². The number of amides is 1. The Hall–Kier alpha value is -1.65. The SMILES string of the molecule is CC(C)=CCN(C)C1CCCCC1N(C)C(=O)Cc1cccc2sccc12. The van der Waals surface area contributed by atoms with Crippen molar-refractivity contribution >= 4 is 27.3 Å². The molecule has 1 aromatic heterocycles. The third-order valence-corrected chi connectivity index (χ3v) is 6.75. The van der Waals surface area contributed by atoms with Gasteiger partial charge < -0.3 is 4.90 Å². The van der Waals surface area contributed by atoms with Crippen molar-refractivity contribution in [1.82, 2.24) is 9.80 Å². The van der Waals surface area contributed by atoms with E-state index < -0.39 is 0 Å². The Labute approximate surface area is 167 Å². The lowest BCUT2D eigenvalue weighted by Crippen LogP contribution is -2.53. The standard InChI is InChI=1S/C23H32N2OS/c1-17(2)12-14-24(3)20-9-5-6-10-21(20)25(4)23(26)16-18-8-7-11-22-19(18)13-15-27-22/h7-8,11-13,15,20-21H,5-6,9-10,14,16H2,1-4H3. The molecule has 1 fully saturated rings. The van der Waals surface area contributed by atoms with Gasteiger partial charge in [0.1, 0.15) is 0 Å². The molecule has 1 aromatic carbocycles. The molecule has 1 aliphatic carbocycles. The van der Waals surface area contributed by atoms with Crippen LogP contribution in [0.2, 0.25) is 0 Å². The van der Waals surface area contributed by atoms with E-state index in [1.54, 1.807) is 11.3 Å². The molecule has 0 radical (unpaired) electrons. The van der Waals surface area contributed by atoms with Crippen molar-refractivity contribution < 1.29 is 4.79 Å². The zero-order chi connectivity index (χ0) is 19.4. The van der Waals surface area contributed by atoms with E-state index in [0.29, 0.717) is 18.5 Å². The van der Waals surface area contributed by atoms with Gasteiger partial charge >= 0.3 is 0 Å². The lowest BCUT2D eigenvalue weighted by atomic mass is 9.88. The van der Waals surface area contributed by atoms with Gasteiger partial charge in [0.05, 0.1) is 6.42 Å². The molecule has 2 unspecified atom stereocenters. The van der Waals surface area contributed by atoms with Crippen LogP contribution in [0, 0.1) is 0 Å². The second-order valence-corrected chi connectivity index (χ2v) is 9.02. The number of likely N-dealkylation sites (N-methyl/N-ethyl adjacent to an activating group) is 2. The number of nitrogens with zero attached hydrogens (tertiary/aromatic N) is 2. The molecule has 3 nitrogen and oxygen atoms in total. The van der Waals surface area contributed by atoms with Crippen molar-refractivity contribution in [2.75, 3.05) is 20.6 Å². The summed E-state index contributed by atoms with van der Waals surface area (Å²) < 4.78 is 1.26. The minimum atomic E-state index is 0.237. The van der Waals surface area contributed by atoms with Crippen LogP contribution in [0.15, 0.2) is 41.3 Å². The highest BCUT2D eigenvalue weighted by Gasteiger charge is 2.33. The van der Waals surface area contributed by atoms with Gasteiger partial charge in [0, 0.05) is 30.4 Å². The van der Waals surface area contributed by atoms with E-state index in [2.05, 4.69) is 61.5 Å². The molecule has 2 aromatic rings. The van der Waals surface area contributed by atoms with E-state index in [9.17, 15) is 4.79 Å². The fourth-order valence-corrected chi connectivity index (χ4v) is 5.04. The number of rotatable bonds is 6. The van der Waals surface area contributed by atoms with Gasteiger partial charge in [-0.25, -0.2) is 0 Å². The maximum atomic E-state index is 13.1. The van der Waals surface area contributed by atoms with Crippen LogP contribution >= 0.6 is 11.3 Å². The van der Waals surface area contributed by atoms with Gasteiger partial charge in [-0.2, -0.15) is 0 Å². The number of hydrogen-bond acceptors (Lipinski definition) is 3. The van der Waals surface area contributed by atoms with E-state index in [1.165, 1.54) is 34.9 Å². The van der Waals surface area contributed by atoms with Crippen molar-refractivity contribution in [2.24, 2.45) is 0 Å². The van der Waals surface area contributed by atoms with Crippen LogP contribution in [0.3, 0.4) is 0 Å². The quantitative estimate of drug-likeness (QED) is 0.646. The minimum absolute atomic E-state index is 0.237. The van der Waals surface area contributed by atoms with Gasteiger partial charge in [0.2, 0.25) is 5.91 Å². The van der Waals surface area contributed by atoms with Crippen LogP contribution in [-0.2, 0) is 11.2 Å². The second-order valence-electron chi connectivity index (χ2n) is 8.07. The predicted molar refractivity (Wildman–Crippen MR) is 116 cm³/mol. The van der Waals surface area contributed by atoms with Crippen LogP contribution in [0.5, 0.6) is 0 Å². The molecular formula is C23H32N2OS. The summed E-state index contributed by atoms with van der Waals surface area (Å²) >= 11 is 1.74. The summed E-state index contributed by atoms with van der Waals surface area (Å²) in [5.74, 6) is 0.237. The molecule has 3 rings (SSSR count). The Kier molecular flexibility index (Phi) is 6.72. The first kappa shape index (κ1) is 20.1. The third-order valence-electron chi connectivity index (χ3n) is 5.87. The Morgan fingerprint density at radius 2 is 1.89 bits per heavy atom. The fourth-order valence-electron chi connectivity index (χ4n) is 4.20. The Balaban J connectivity index is 1.72. The van der Waals surface area contributed by atoms with Crippen molar-refractivity contribution in [2.45, 2.75) is 58.0 Å². The molecule has 0 aliphatic heterocycles. The van der Waals surface area contributed by atoms with Gasteiger partial charge in [-0.15, -0.1) is 11.3 Å². The van der Waals surface area contributed by atoms with Gasteiger partial charge in [-0.05, 0) is 62.2 Å². The second kappa shape index (κ2) is 9.03. The molecule has 1 heterocycles. The Morgan fingerprint density at radius 3 is 2.63 bits per heavy atom. The summed E-state index contributed by atoms with van der Waals surface area (Å²) in [6.45, 7) is 5.25. The summed E-state index contributed by atoms with van der Waals surface area (Å²) in [5.41, 5.74) is 2.50. The molecule has 1 aliphatic rings. The minimum Gasteiger partial charge on any atom is -0.341 e. The van der Waals surface area contributed by atoms with Gasteiger partial charge in [-0.3, -0.25) is 9.69 Å². The topological polar surface area (TPSA) is 23.6 Å². The van der Waals surface area contributed by atoms with E-state index in [4.69, 9.17) is 0 Å². The van der Waals surface area contributed by atoms with Crippen molar-refractivity contribution in [1.29, 1.82) is 0 Å². The zero-order valence-corrected chi connectivity index (χ0v) is 17.9. The summed E-state index contributed by atoms with van der Waals surface area (Å²) in [7, 11) is 4.21. The highest BCUT2D eigenvalue weighted by atomic mass is 32.1. The number of allylic oxidation sites excluding steroid dienone is 1. The molecule has 27 heavy (non-hydrogen) atoms. The first-order valence-electron chi connectivity index (χ1n) is 10.0. The van der Waals surface area contributed by atoms with Crippen LogP contribution in [-0.4, -0.2) is 48.4 Å². The number of thiophene rings is 1. The molecule has 0 spiro atoms. The average Bonchev–Trinajstić information content (AvgIpc) is 3.15. The molecule has 4 heteroatoms. The van der Waals surface area contributed by atoms with Crippen molar-refractivity contribution in [3.8, 4) is 0 Å². The maximum Gasteiger partial charge on any atom is 0.227 e. The molecule has 0 saturated heterocycles. The van der Waals surface area contributed by atoms with Crippen LogP contribution in [0.25, 0.3) is 10.1 Å².